The summed E-state index contributed by atoms with van der Waals surface area (Å²) in [4.78, 5) is 26.9. The summed E-state index contributed by atoms with van der Waals surface area (Å²) < 4.78 is 0. The van der Waals surface area contributed by atoms with Crippen molar-refractivity contribution in [1.29, 1.82) is 0 Å². The van der Waals surface area contributed by atoms with Crippen molar-refractivity contribution in [2.24, 2.45) is 0 Å². The van der Waals surface area contributed by atoms with E-state index in [1.54, 1.807) is 12.1 Å². The SMILES string of the molecule is Cc1ccc(NC(=O)CN2CCN(c3cccc([N+](=O)[O-])c3)CC2)cc1. The minimum atomic E-state index is -0.380. The average Bonchev–Trinajstić information content (AvgIpc) is 2.64. The van der Waals surface area contributed by atoms with Crippen molar-refractivity contribution in [3.8, 4) is 0 Å². The van der Waals surface area contributed by atoms with E-state index in [2.05, 4.69) is 15.1 Å². The molecule has 0 saturated carbocycles. The number of nitro groups is 1. The zero-order chi connectivity index (χ0) is 18.5. The molecule has 0 aliphatic carbocycles. The van der Waals surface area contributed by atoms with E-state index in [-0.39, 0.29) is 16.5 Å². The average molecular weight is 354 g/mol. The van der Waals surface area contributed by atoms with Crippen LogP contribution in [0.1, 0.15) is 5.56 Å². The second kappa shape index (κ2) is 7.97. The number of amides is 1. The number of nitrogens with zero attached hydrogens (tertiary/aromatic N) is 3. The molecule has 1 N–H and O–H groups in total. The van der Waals surface area contributed by atoms with Crippen LogP contribution in [0.4, 0.5) is 17.1 Å². The van der Waals surface area contributed by atoms with Gasteiger partial charge < -0.3 is 10.2 Å². The molecule has 1 aliphatic heterocycles. The first-order valence-corrected chi connectivity index (χ1v) is 8.59. The molecule has 0 unspecified atom stereocenters. The Morgan fingerprint density at radius 2 is 1.81 bits per heavy atom. The molecule has 1 aliphatic rings. The van der Waals surface area contributed by atoms with Crippen LogP contribution in [0.2, 0.25) is 0 Å². The predicted molar refractivity (Wildman–Crippen MR) is 102 cm³/mol. The molecule has 0 spiro atoms. The molecule has 2 aromatic rings. The number of benzene rings is 2. The van der Waals surface area contributed by atoms with Crippen LogP contribution in [0.3, 0.4) is 0 Å². The maximum Gasteiger partial charge on any atom is 0.271 e. The van der Waals surface area contributed by atoms with Crippen molar-refractivity contribution in [3.63, 3.8) is 0 Å². The van der Waals surface area contributed by atoms with Gasteiger partial charge in [-0.1, -0.05) is 23.8 Å². The number of aryl methyl sites for hydroxylation is 1. The van der Waals surface area contributed by atoms with E-state index in [1.807, 2.05) is 37.3 Å². The molecule has 136 valence electrons. The Hall–Kier alpha value is -2.93. The van der Waals surface area contributed by atoms with Gasteiger partial charge in [0.25, 0.3) is 5.69 Å². The molecule has 1 fully saturated rings. The summed E-state index contributed by atoms with van der Waals surface area (Å²) in [6, 6.07) is 14.4. The number of rotatable bonds is 5. The number of anilines is 2. The van der Waals surface area contributed by atoms with Gasteiger partial charge in [-0.25, -0.2) is 0 Å². The zero-order valence-electron chi connectivity index (χ0n) is 14.7. The molecule has 0 bridgehead atoms. The van der Waals surface area contributed by atoms with E-state index in [4.69, 9.17) is 0 Å². The van der Waals surface area contributed by atoms with Crippen molar-refractivity contribution >= 4 is 23.0 Å². The largest absolute Gasteiger partial charge is 0.369 e. The lowest BCUT2D eigenvalue weighted by molar-refractivity contribution is -0.384. The summed E-state index contributed by atoms with van der Waals surface area (Å²) in [5.74, 6) is -0.0300. The fourth-order valence-corrected chi connectivity index (χ4v) is 3.01. The Morgan fingerprint density at radius 3 is 2.46 bits per heavy atom. The van der Waals surface area contributed by atoms with Gasteiger partial charge in [0.05, 0.1) is 11.5 Å². The van der Waals surface area contributed by atoms with Gasteiger partial charge in [-0.15, -0.1) is 0 Å². The Bertz CT molecular complexity index is 784. The summed E-state index contributed by atoms with van der Waals surface area (Å²) in [6.07, 6.45) is 0. The molecule has 0 radical (unpaired) electrons. The first kappa shape index (κ1) is 17.9. The highest BCUT2D eigenvalue weighted by Crippen LogP contribution is 2.22. The van der Waals surface area contributed by atoms with Crippen LogP contribution in [0, 0.1) is 17.0 Å². The topological polar surface area (TPSA) is 78.7 Å². The minimum absolute atomic E-state index is 0.0300. The van der Waals surface area contributed by atoms with Crippen molar-refractivity contribution in [3.05, 3.63) is 64.2 Å². The minimum Gasteiger partial charge on any atom is -0.369 e. The van der Waals surface area contributed by atoms with E-state index in [9.17, 15) is 14.9 Å². The first-order chi connectivity index (χ1) is 12.5. The number of carbonyl (C=O) groups excluding carboxylic acids is 1. The van der Waals surface area contributed by atoms with Gasteiger partial charge in [-0.05, 0) is 25.1 Å². The predicted octanol–water partition coefficient (Wildman–Crippen LogP) is 2.66. The second-order valence-electron chi connectivity index (χ2n) is 6.45. The highest BCUT2D eigenvalue weighted by molar-refractivity contribution is 5.92. The number of hydrogen-bond donors (Lipinski definition) is 1. The van der Waals surface area contributed by atoms with Crippen molar-refractivity contribution < 1.29 is 9.72 Å². The molecule has 7 nitrogen and oxygen atoms in total. The molecule has 1 amide bonds. The molecular formula is C19H22N4O3. The third-order valence-corrected chi connectivity index (χ3v) is 4.48. The number of nitrogens with one attached hydrogen (secondary N) is 1. The number of carbonyl (C=O) groups is 1. The Morgan fingerprint density at radius 1 is 1.12 bits per heavy atom. The summed E-state index contributed by atoms with van der Waals surface area (Å²) in [6.45, 7) is 5.30. The van der Waals surface area contributed by atoms with Crippen LogP contribution in [0.25, 0.3) is 0 Å². The van der Waals surface area contributed by atoms with E-state index in [0.29, 0.717) is 6.54 Å². The van der Waals surface area contributed by atoms with Gasteiger partial charge >= 0.3 is 0 Å². The number of non-ortho nitro benzene ring substituents is 1. The van der Waals surface area contributed by atoms with Crippen LogP contribution in [0.15, 0.2) is 48.5 Å². The van der Waals surface area contributed by atoms with Crippen molar-refractivity contribution in [2.45, 2.75) is 6.92 Å². The Kier molecular flexibility index (Phi) is 5.48. The molecular weight excluding hydrogens is 332 g/mol. The molecule has 7 heteroatoms. The monoisotopic (exact) mass is 354 g/mol. The van der Waals surface area contributed by atoms with E-state index in [1.165, 1.54) is 6.07 Å². The van der Waals surface area contributed by atoms with E-state index >= 15 is 0 Å². The summed E-state index contributed by atoms with van der Waals surface area (Å²) >= 11 is 0. The van der Waals surface area contributed by atoms with Gasteiger partial charge in [0, 0.05) is 49.7 Å². The van der Waals surface area contributed by atoms with Gasteiger partial charge in [-0.3, -0.25) is 19.8 Å². The smallest absolute Gasteiger partial charge is 0.271 e. The molecule has 26 heavy (non-hydrogen) atoms. The maximum atomic E-state index is 12.2. The van der Waals surface area contributed by atoms with Crippen molar-refractivity contribution in [1.82, 2.24) is 4.90 Å². The van der Waals surface area contributed by atoms with E-state index < -0.39 is 0 Å². The molecule has 1 saturated heterocycles. The molecule has 0 aromatic heterocycles. The lowest BCUT2D eigenvalue weighted by Crippen LogP contribution is -2.48. The van der Waals surface area contributed by atoms with Crippen LogP contribution in [0.5, 0.6) is 0 Å². The summed E-state index contributed by atoms with van der Waals surface area (Å²) in [5, 5.41) is 13.8. The highest BCUT2D eigenvalue weighted by atomic mass is 16.6. The summed E-state index contributed by atoms with van der Waals surface area (Å²) in [5.41, 5.74) is 2.90. The maximum absolute atomic E-state index is 12.2. The second-order valence-corrected chi connectivity index (χ2v) is 6.45. The molecule has 2 aromatic carbocycles. The third kappa shape index (κ3) is 4.58. The van der Waals surface area contributed by atoms with Crippen LogP contribution in [-0.4, -0.2) is 48.5 Å². The fourth-order valence-electron chi connectivity index (χ4n) is 3.01. The summed E-state index contributed by atoms with van der Waals surface area (Å²) in [7, 11) is 0. The van der Waals surface area contributed by atoms with E-state index in [0.717, 1.165) is 43.1 Å². The van der Waals surface area contributed by atoms with Gasteiger partial charge in [0.2, 0.25) is 5.91 Å². The first-order valence-electron chi connectivity index (χ1n) is 8.59. The van der Waals surface area contributed by atoms with Gasteiger partial charge in [0.1, 0.15) is 0 Å². The number of piperazine rings is 1. The Labute approximate surface area is 152 Å². The number of nitro benzene ring substituents is 1. The van der Waals surface area contributed by atoms with Gasteiger partial charge in [-0.2, -0.15) is 0 Å². The number of hydrogen-bond acceptors (Lipinski definition) is 5. The Balaban J connectivity index is 1.50. The molecule has 1 heterocycles. The quantitative estimate of drug-likeness (QED) is 0.660. The lowest BCUT2D eigenvalue weighted by atomic mass is 10.2. The highest BCUT2D eigenvalue weighted by Gasteiger charge is 2.20. The van der Waals surface area contributed by atoms with Crippen molar-refractivity contribution in [2.75, 3.05) is 42.9 Å². The lowest BCUT2D eigenvalue weighted by Gasteiger charge is -2.35. The molecule has 3 rings (SSSR count). The van der Waals surface area contributed by atoms with Crippen LogP contribution in [-0.2, 0) is 4.79 Å². The standard InChI is InChI=1S/C19H22N4O3/c1-15-5-7-16(8-6-15)20-19(24)14-21-9-11-22(12-10-21)17-3-2-4-18(13-17)23(25)26/h2-8,13H,9-12,14H2,1H3,(H,20,24). The zero-order valence-corrected chi connectivity index (χ0v) is 14.7. The van der Waals surface area contributed by atoms with Crippen LogP contribution < -0.4 is 10.2 Å². The molecule has 0 atom stereocenters. The van der Waals surface area contributed by atoms with Gasteiger partial charge in [0.15, 0.2) is 0 Å². The fraction of sp³-hybridized carbons (Fsp3) is 0.316. The normalized spacial score (nSPS) is 14.9. The third-order valence-electron chi connectivity index (χ3n) is 4.48. The van der Waals surface area contributed by atoms with Crippen LogP contribution >= 0.6 is 0 Å².